The fourth-order valence-corrected chi connectivity index (χ4v) is 5.62. The first-order valence-corrected chi connectivity index (χ1v) is 13.8. The lowest BCUT2D eigenvalue weighted by atomic mass is 10.1. The molecule has 6 aromatic carbocycles. The predicted octanol–water partition coefficient (Wildman–Crippen LogP) is 9.40. The lowest BCUT2D eigenvalue weighted by Gasteiger charge is -2.11. The number of para-hydroxylation sites is 3. The molecule has 3 aromatic heterocycles. The molecule has 0 aliphatic rings. The number of hydrogen-bond donors (Lipinski definition) is 0. The molecule has 3 heterocycles. The van der Waals surface area contributed by atoms with Crippen molar-refractivity contribution in [2.75, 3.05) is 0 Å². The molecule has 9 aromatic rings. The highest BCUT2D eigenvalue weighted by Gasteiger charge is 2.20. The van der Waals surface area contributed by atoms with Gasteiger partial charge in [-0.3, -0.25) is 4.57 Å². The first kappa shape index (κ1) is 16.0. The van der Waals surface area contributed by atoms with Crippen molar-refractivity contribution in [2.24, 2.45) is 0 Å². The smallest absolute Gasteiger partial charge is 0.238 e. The van der Waals surface area contributed by atoms with Crippen LogP contribution in [0.3, 0.4) is 0 Å². The van der Waals surface area contributed by atoms with Crippen molar-refractivity contribution in [3.63, 3.8) is 0 Å². The zero-order valence-corrected chi connectivity index (χ0v) is 22.8. The minimum Gasteiger partial charge on any atom is -0.309 e. The number of aromatic nitrogens is 5. The van der Waals surface area contributed by atoms with Gasteiger partial charge in [0.05, 0.1) is 37.1 Å². The summed E-state index contributed by atoms with van der Waals surface area (Å²) in [5.74, 6) is 0.583. The summed E-state index contributed by atoms with van der Waals surface area (Å²) in [4.78, 5) is 14.5. The second kappa shape index (κ2) is 9.75. The van der Waals surface area contributed by atoms with Crippen molar-refractivity contribution in [2.45, 2.75) is 0 Å². The number of hydrogen-bond acceptors (Lipinski definition) is 3. The van der Waals surface area contributed by atoms with E-state index in [1.54, 1.807) is 0 Å². The molecule has 5 nitrogen and oxygen atoms in total. The van der Waals surface area contributed by atoms with E-state index in [4.69, 9.17) is 27.3 Å². The van der Waals surface area contributed by atoms with Gasteiger partial charge < -0.3 is 4.57 Å². The lowest BCUT2D eigenvalue weighted by Crippen LogP contribution is -2.06. The van der Waals surface area contributed by atoms with Crippen LogP contribution in [0.25, 0.3) is 78.0 Å². The summed E-state index contributed by atoms with van der Waals surface area (Å²) < 4.78 is 101. The standard InChI is InChI=1S/C39H25N5/c1-4-14-26(15-5-1)37-40-38(27-16-6-2-7-17-27)42-39(41-37)44-34-23-13-11-21-30(34)32-24-31-29-20-10-12-22-33(29)43(35(31)25-36(32)44)28-18-8-3-9-19-28/h1-25H/i3D,8D,9D,10D,11D,18D,19D,22D,23D,24D,25D. The Morgan fingerprint density at radius 1 is 0.432 bits per heavy atom. The summed E-state index contributed by atoms with van der Waals surface area (Å²) in [5, 5.41) is 0.729. The van der Waals surface area contributed by atoms with E-state index in [1.165, 1.54) is 33.4 Å². The molecule has 0 amide bonds. The van der Waals surface area contributed by atoms with Gasteiger partial charge in [0.25, 0.3) is 0 Å². The fourth-order valence-electron chi connectivity index (χ4n) is 5.62. The molecular formula is C39H25N5. The van der Waals surface area contributed by atoms with Gasteiger partial charge in [-0.1, -0.05) is 115 Å². The van der Waals surface area contributed by atoms with Gasteiger partial charge >= 0.3 is 0 Å². The molecule has 0 atom stereocenters. The molecule has 0 aliphatic carbocycles. The average molecular weight is 575 g/mol. The molecule has 0 N–H and O–H groups in total. The maximum absolute atomic E-state index is 9.98. The maximum atomic E-state index is 9.98. The van der Waals surface area contributed by atoms with Gasteiger partial charge in [0, 0.05) is 38.4 Å². The summed E-state index contributed by atoms with van der Waals surface area (Å²) in [6.45, 7) is 0. The van der Waals surface area contributed by atoms with E-state index in [0.29, 0.717) is 11.1 Å². The van der Waals surface area contributed by atoms with Gasteiger partial charge in [-0.05, 0) is 36.3 Å². The highest BCUT2D eigenvalue weighted by Crippen LogP contribution is 2.39. The van der Waals surface area contributed by atoms with Crippen molar-refractivity contribution in [3.8, 4) is 34.4 Å². The average Bonchev–Trinajstić information content (AvgIpc) is 3.71. The van der Waals surface area contributed by atoms with Gasteiger partial charge in [0.1, 0.15) is 0 Å². The molecule has 0 spiro atoms. The first-order valence-electron chi connectivity index (χ1n) is 19.3. The molecule has 0 fully saturated rings. The van der Waals surface area contributed by atoms with E-state index in [9.17, 15) is 2.74 Å². The lowest BCUT2D eigenvalue weighted by molar-refractivity contribution is 0.953. The first-order chi connectivity index (χ1) is 26.4. The summed E-state index contributed by atoms with van der Waals surface area (Å²) >= 11 is 0. The SMILES string of the molecule is [2H]c1cc([2H])c2c(c1)c1c([2H])c3c4cc([2H])cc([2H])c4n(-c4c([2H])c([2H])c([2H])c([2H])c4[2H])c3c([2H])c1n2-c1nc(-c2ccccc2)nc(-c2ccccc2)n1. The molecule has 0 aliphatic heterocycles. The Bertz CT molecular complexity index is 3020. The molecule has 206 valence electrons. The zero-order valence-electron chi connectivity index (χ0n) is 33.8. The quantitative estimate of drug-likeness (QED) is 0.210. The topological polar surface area (TPSA) is 48.5 Å². The van der Waals surface area contributed by atoms with E-state index < -0.39 is 30.2 Å². The number of rotatable bonds is 4. The Hall–Kier alpha value is -6.07. The van der Waals surface area contributed by atoms with Gasteiger partial charge in [-0.25, -0.2) is 4.98 Å². The summed E-state index contributed by atoms with van der Waals surface area (Å²) in [6, 6.07) is 19.9. The van der Waals surface area contributed by atoms with E-state index in [1.807, 2.05) is 60.7 Å². The minimum atomic E-state index is -0.628. The maximum Gasteiger partial charge on any atom is 0.238 e. The zero-order chi connectivity index (χ0) is 38.6. The normalized spacial score (nSPS) is 15.1. The predicted molar refractivity (Wildman–Crippen MR) is 179 cm³/mol. The Morgan fingerprint density at radius 3 is 1.57 bits per heavy atom. The van der Waals surface area contributed by atoms with Crippen molar-refractivity contribution < 1.29 is 15.1 Å². The molecule has 0 bridgehead atoms. The van der Waals surface area contributed by atoms with Crippen LogP contribution in [-0.2, 0) is 0 Å². The molecule has 9 rings (SSSR count). The number of nitrogens with zero attached hydrogens (tertiary/aromatic N) is 5. The van der Waals surface area contributed by atoms with E-state index in [2.05, 4.69) is 0 Å². The molecule has 0 unspecified atom stereocenters. The third kappa shape index (κ3) is 3.76. The molecule has 0 radical (unpaired) electrons. The van der Waals surface area contributed by atoms with Crippen molar-refractivity contribution in [3.05, 3.63) is 151 Å². The fraction of sp³-hybridized carbons (Fsp3) is 0. The third-order valence-corrected chi connectivity index (χ3v) is 7.54. The van der Waals surface area contributed by atoms with Crippen LogP contribution in [0.15, 0.2) is 151 Å². The Morgan fingerprint density at radius 2 is 0.977 bits per heavy atom. The van der Waals surface area contributed by atoms with Crippen LogP contribution in [0.5, 0.6) is 0 Å². The van der Waals surface area contributed by atoms with Crippen molar-refractivity contribution >= 4 is 43.6 Å². The van der Waals surface area contributed by atoms with E-state index in [0.717, 1.165) is 0 Å². The van der Waals surface area contributed by atoms with Crippen LogP contribution in [0, 0.1) is 0 Å². The molecule has 5 heteroatoms. The van der Waals surface area contributed by atoms with Crippen LogP contribution >= 0.6 is 0 Å². The van der Waals surface area contributed by atoms with Crippen LogP contribution < -0.4 is 0 Å². The molecule has 0 saturated heterocycles. The van der Waals surface area contributed by atoms with Gasteiger partial charge in [-0.15, -0.1) is 0 Å². The summed E-state index contributed by atoms with van der Waals surface area (Å²) in [6.07, 6.45) is 0. The number of benzene rings is 6. The summed E-state index contributed by atoms with van der Waals surface area (Å²) in [7, 11) is 0. The van der Waals surface area contributed by atoms with Crippen LogP contribution in [0.4, 0.5) is 0 Å². The van der Waals surface area contributed by atoms with Crippen LogP contribution in [-0.4, -0.2) is 24.1 Å². The minimum absolute atomic E-state index is 0.00582. The Labute approximate surface area is 268 Å². The van der Waals surface area contributed by atoms with Gasteiger partial charge in [0.2, 0.25) is 5.95 Å². The monoisotopic (exact) mass is 574 g/mol. The highest BCUT2D eigenvalue weighted by atomic mass is 15.2. The van der Waals surface area contributed by atoms with Crippen molar-refractivity contribution in [1.82, 2.24) is 24.1 Å². The molecular weight excluding hydrogens is 538 g/mol. The molecule has 44 heavy (non-hydrogen) atoms. The largest absolute Gasteiger partial charge is 0.309 e. The number of fused-ring (bicyclic) bond motifs is 6. The Balaban J connectivity index is 1.54. The van der Waals surface area contributed by atoms with Gasteiger partial charge in [0.15, 0.2) is 11.6 Å². The van der Waals surface area contributed by atoms with Gasteiger partial charge in [-0.2, -0.15) is 9.97 Å². The second-order valence-corrected chi connectivity index (χ2v) is 10.1. The van der Waals surface area contributed by atoms with Crippen LogP contribution in [0.2, 0.25) is 0 Å². The highest BCUT2D eigenvalue weighted by molar-refractivity contribution is 6.19. The summed E-state index contributed by atoms with van der Waals surface area (Å²) in [5.41, 5.74) is 1.21. The van der Waals surface area contributed by atoms with E-state index in [-0.39, 0.29) is 103 Å². The molecule has 0 saturated carbocycles. The van der Waals surface area contributed by atoms with Crippen LogP contribution in [0.1, 0.15) is 15.1 Å². The second-order valence-electron chi connectivity index (χ2n) is 10.1. The Kier molecular flexibility index (Phi) is 3.54. The van der Waals surface area contributed by atoms with E-state index >= 15 is 0 Å². The van der Waals surface area contributed by atoms with Crippen molar-refractivity contribution in [1.29, 1.82) is 0 Å². The third-order valence-electron chi connectivity index (χ3n) is 7.54.